The Kier molecular flexibility index (Phi) is 4.15. The molecule has 1 aliphatic rings. The van der Waals surface area contributed by atoms with Crippen LogP contribution in [-0.2, 0) is 4.79 Å². The van der Waals surface area contributed by atoms with Gasteiger partial charge in [-0.05, 0) is 19.3 Å². The molecule has 3 nitrogen and oxygen atoms in total. The number of hydrogen-bond acceptors (Lipinski definition) is 2. The molecule has 0 saturated carbocycles. The SMILES string of the molecule is Cl.NC1CC=C(C(=O)O)CC1. The Balaban J connectivity index is 0.000001000. The molecule has 0 bridgehead atoms. The standard InChI is InChI=1S/C7H11NO2.ClH/c8-6-3-1-5(2-4-6)7(9)10;/h1,6H,2-4,8H2,(H,9,10);1H. The Morgan fingerprint density at radius 3 is 2.73 bits per heavy atom. The minimum absolute atomic E-state index is 0. The van der Waals surface area contributed by atoms with Crippen molar-refractivity contribution in [1.82, 2.24) is 0 Å². The summed E-state index contributed by atoms with van der Waals surface area (Å²) in [6.45, 7) is 0. The van der Waals surface area contributed by atoms with E-state index in [1.807, 2.05) is 0 Å². The predicted octanol–water partition coefficient (Wildman–Crippen LogP) is 0.930. The van der Waals surface area contributed by atoms with Crippen molar-refractivity contribution in [3.8, 4) is 0 Å². The van der Waals surface area contributed by atoms with Gasteiger partial charge < -0.3 is 10.8 Å². The van der Waals surface area contributed by atoms with Crippen LogP contribution in [0.25, 0.3) is 0 Å². The summed E-state index contributed by atoms with van der Waals surface area (Å²) < 4.78 is 0. The topological polar surface area (TPSA) is 63.3 Å². The second-order valence-corrected chi connectivity index (χ2v) is 2.57. The molecule has 0 spiro atoms. The number of aliphatic carboxylic acids is 1. The molecule has 1 unspecified atom stereocenters. The molecule has 1 aliphatic carbocycles. The molecular weight excluding hydrogens is 166 g/mol. The van der Waals surface area contributed by atoms with Crippen LogP contribution in [0.15, 0.2) is 11.6 Å². The molecule has 11 heavy (non-hydrogen) atoms. The zero-order valence-electron chi connectivity index (χ0n) is 6.12. The summed E-state index contributed by atoms with van der Waals surface area (Å²) in [5, 5.41) is 8.52. The third-order valence-corrected chi connectivity index (χ3v) is 1.73. The van der Waals surface area contributed by atoms with Crippen molar-refractivity contribution in [2.45, 2.75) is 25.3 Å². The maximum Gasteiger partial charge on any atom is 0.331 e. The molecule has 0 heterocycles. The third kappa shape index (κ3) is 2.91. The highest BCUT2D eigenvalue weighted by Crippen LogP contribution is 2.16. The van der Waals surface area contributed by atoms with E-state index in [2.05, 4.69) is 0 Å². The predicted molar refractivity (Wildman–Crippen MR) is 44.8 cm³/mol. The van der Waals surface area contributed by atoms with E-state index in [4.69, 9.17) is 10.8 Å². The van der Waals surface area contributed by atoms with Crippen LogP contribution in [0.2, 0.25) is 0 Å². The van der Waals surface area contributed by atoms with Crippen LogP contribution in [0.4, 0.5) is 0 Å². The first kappa shape index (κ1) is 10.5. The van der Waals surface area contributed by atoms with E-state index >= 15 is 0 Å². The highest BCUT2D eigenvalue weighted by Gasteiger charge is 2.14. The van der Waals surface area contributed by atoms with Crippen LogP contribution in [0, 0.1) is 0 Å². The van der Waals surface area contributed by atoms with Crippen molar-refractivity contribution in [3.63, 3.8) is 0 Å². The summed E-state index contributed by atoms with van der Waals surface area (Å²) in [7, 11) is 0. The van der Waals surface area contributed by atoms with Crippen LogP contribution in [0.5, 0.6) is 0 Å². The van der Waals surface area contributed by atoms with E-state index in [-0.39, 0.29) is 18.4 Å². The fourth-order valence-electron chi connectivity index (χ4n) is 1.05. The molecule has 3 N–H and O–H groups in total. The summed E-state index contributed by atoms with van der Waals surface area (Å²) in [6.07, 6.45) is 3.85. The fraction of sp³-hybridized carbons (Fsp3) is 0.571. The largest absolute Gasteiger partial charge is 0.478 e. The van der Waals surface area contributed by atoms with E-state index in [0.29, 0.717) is 18.4 Å². The molecule has 4 heteroatoms. The lowest BCUT2D eigenvalue weighted by molar-refractivity contribution is -0.132. The lowest BCUT2D eigenvalue weighted by Crippen LogP contribution is -2.23. The van der Waals surface area contributed by atoms with Gasteiger partial charge >= 0.3 is 5.97 Å². The van der Waals surface area contributed by atoms with Crippen LogP contribution in [0.1, 0.15) is 19.3 Å². The zero-order valence-corrected chi connectivity index (χ0v) is 6.93. The summed E-state index contributed by atoms with van der Waals surface area (Å²) in [5.41, 5.74) is 6.08. The maximum absolute atomic E-state index is 10.4. The number of carboxylic acid groups (broad SMARTS) is 1. The van der Waals surface area contributed by atoms with E-state index < -0.39 is 5.97 Å². The Morgan fingerprint density at radius 1 is 1.73 bits per heavy atom. The second kappa shape index (κ2) is 4.36. The molecule has 0 aromatic heterocycles. The van der Waals surface area contributed by atoms with Gasteiger partial charge in [0.2, 0.25) is 0 Å². The van der Waals surface area contributed by atoms with Crippen molar-refractivity contribution in [2.75, 3.05) is 0 Å². The molecule has 0 aromatic rings. The first-order chi connectivity index (χ1) is 4.70. The van der Waals surface area contributed by atoms with Gasteiger partial charge in [0.05, 0.1) is 0 Å². The number of hydrogen-bond donors (Lipinski definition) is 2. The number of rotatable bonds is 1. The Morgan fingerprint density at radius 2 is 2.36 bits per heavy atom. The molecule has 1 rings (SSSR count). The van der Waals surface area contributed by atoms with Gasteiger partial charge in [-0.2, -0.15) is 0 Å². The van der Waals surface area contributed by atoms with E-state index in [9.17, 15) is 4.79 Å². The fourth-order valence-corrected chi connectivity index (χ4v) is 1.05. The van der Waals surface area contributed by atoms with Gasteiger partial charge in [0.15, 0.2) is 0 Å². The average Bonchev–Trinajstić information content (AvgIpc) is 1.88. The summed E-state index contributed by atoms with van der Waals surface area (Å²) in [4.78, 5) is 10.4. The van der Waals surface area contributed by atoms with Gasteiger partial charge in [-0.25, -0.2) is 4.79 Å². The number of carbonyl (C=O) groups is 1. The number of carboxylic acids is 1. The minimum atomic E-state index is -0.799. The summed E-state index contributed by atoms with van der Waals surface area (Å²) in [5.74, 6) is -0.799. The van der Waals surface area contributed by atoms with E-state index in [1.165, 1.54) is 0 Å². The van der Waals surface area contributed by atoms with Crippen LogP contribution in [0.3, 0.4) is 0 Å². The molecule has 0 saturated heterocycles. The van der Waals surface area contributed by atoms with Crippen molar-refractivity contribution in [1.29, 1.82) is 0 Å². The average molecular weight is 178 g/mol. The number of halogens is 1. The third-order valence-electron chi connectivity index (χ3n) is 1.73. The normalized spacial score (nSPS) is 23.4. The van der Waals surface area contributed by atoms with Crippen LogP contribution < -0.4 is 5.73 Å². The van der Waals surface area contributed by atoms with Gasteiger partial charge in [-0.1, -0.05) is 6.08 Å². The smallest absolute Gasteiger partial charge is 0.331 e. The molecule has 0 radical (unpaired) electrons. The molecule has 1 atom stereocenters. The van der Waals surface area contributed by atoms with Crippen LogP contribution >= 0.6 is 12.4 Å². The van der Waals surface area contributed by atoms with E-state index in [1.54, 1.807) is 6.08 Å². The first-order valence-electron chi connectivity index (χ1n) is 3.38. The van der Waals surface area contributed by atoms with Gasteiger partial charge in [-0.15, -0.1) is 12.4 Å². The lowest BCUT2D eigenvalue weighted by Gasteiger charge is -2.14. The van der Waals surface area contributed by atoms with Crippen molar-refractivity contribution < 1.29 is 9.90 Å². The first-order valence-corrected chi connectivity index (χ1v) is 3.38. The quantitative estimate of drug-likeness (QED) is 0.627. The molecule has 0 aromatic carbocycles. The van der Waals surface area contributed by atoms with E-state index in [0.717, 1.165) is 6.42 Å². The summed E-state index contributed by atoms with van der Waals surface area (Å²) in [6, 6.07) is 0.170. The molecule has 0 amide bonds. The minimum Gasteiger partial charge on any atom is -0.478 e. The Hall–Kier alpha value is -0.540. The molecule has 64 valence electrons. The van der Waals surface area contributed by atoms with Crippen molar-refractivity contribution in [3.05, 3.63) is 11.6 Å². The van der Waals surface area contributed by atoms with Crippen molar-refractivity contribution in [2.24, 2.45) is 5.73 Å². The van der Waals surface area contributed by atoms with Gasteiger partial charge in [0, 0.05) is 11.6 Å². The van der Waals surface area contributed by atoms with Crippen LogP contribution in [-0.4, -0.2) is 17.1 Å². The Labute approximate surface area is 71.7 Å². The van der Waals surface area contributed by atoms with Gasteiger partial charge in [0.1, 0.15) is 0 Å². The highest BCUT2D eigenvalue weighted by molar-refractivity contribution is 5.86. The lowest BCUT2D eigenvalue weighted by atomic mass is 9.96. The maximum atomic E-state index is 10.4. The highest BCUT2D eigenvalue weighted by atomic mass is 35.5. The number of nitrogens with two attached hydrogens (primary N) is 1. The van der Waals surface area contributed by atoms with Gasteiger partial charge in [0.25, 0.3) is 0 Å². The van der Waals surface area contributed by atoms with Gasteiger partial charge in [-0.3, -0.25) is 0 Å². The second-order valence-electron chi connectivity index (χ2n) is 2.57. The van der Waals surface area contributed by atoms with Crippen molar-refractivity contribution >= 4 is 18.4 Å². The molecule has 0 aliphatic heterocycles. The molecular formula is C7H12ClNO2. The summed E-state index contributed by atoms with van der Waals surface area (Å²) >= 11 is 0. The monoisotopic (exact) mass is 177 g/mol. The zero-order chi connectivity index (χ0) is 7.56. The molecule has 0 fully saturated rings. The Bertz CT molecular complexity index is 179.